The van der Waals surface area contributed by atoms with Crippen LogP contribution in [0.4, 0.5) is 0 Å². The smallest absolute Gasteiger partial charge is 0.0669 e. The molecule has 0 spiro atoms. The summed E-state index contributed by atoms with van der Waals surface area (Å²) in [6.07, 6.45) is 0.450. The van der Waals surface area contributed by atoms with Crippen LogP contribution >= 0.6 is 0 Å². The van der Waals surface area contributed by atoms with Gasteiger partial charge < -0.3 is 4.57 Å². The van der Waals surface area contributed by atoms with E-state index in [2.05, 4.69) is 72.2 Å². The van der Waals surface area contributed by atoms with Gasteiger partial charge in [0.1, 0.15) is 0 Å². The molecule has 0 fully saturated rings. The molecule has 116 valence electrons. The Labute approximate surface area is 141 Å². The van der Waals surface area contributed by atoms with Crippen molar-refractivity contribution in [3.63, 3.8) is 0 Å². The van der Waals surface area contributed by atoms with Crippen molar-refractivity contribution in [1.29, 1.82) is 5.26 Å². The third-order valence-electron chi connectivity index (χ3n) is 4.63. The van der Waals surface area contributed by atoms with Crippen LogP contribution in [0.5, 0.6) is 0 Å². The van der Waals surface area contributed by atoms with E-state index >= 15 is 0 Å². The maximum absolute atomic E-state index is 8.92. The molecule has 3 aromatic carbocycles. The lowest BCUT2D eigenvalue weighted by Gasteiger charge is -2.06. The molecule has 1 heterocycles. The van der Waals surface area contributed by atoms with Crippen LogP contribution in [0.3, 0.4) is 0 Å². The number of rotatable bonds is 3. The molecule has 0 amide bonds. The lowest BCUT2D eigenvalue weighted by atomic mass is 10.00. The molecule has 0 saturated heterocycles. The van der Waals surface area contributed by atoms with Gasteiger partial charge in [0.05, 0.1) is 12.5 Å². The second kappa shape index (κ2) is 5.86. The molecule has 0 aliphatic rings. The number of fused-ring (bicyclic) bond motifs is 3. The second-order valence-electron chi connectivity index (χ2n) is 6.03. The molecule has 0 unspecified atom stereocenters. The first-order valence-electron chi connectivity index (χ1n) is 8.29. The Morgan fingerprint density at radius 2 is 1.62 bits per heavy atom. The van der Waals surface area contributed by atoms with Gasteiger partial charge in [-0.1, -0.05) is 48.5 Å². The van der Waals surface area contributed by atoms with E-state index in [0.29, 0.717) is 6.42 Å². The van der Waals surface area contributed by atoms with E-state index in [4.69, 9.17) is 5.26 Å². The molecule has 0 atom stereocenters. The zero-order chi connectivity index (χ0) is 16.5. The van der Waals surface area contributed by atoms with Crippen molar-refractivity contribution in [2.45, 2.75) is 19.9 Å². The predicted octanol–water partition coefficient (Wildman–Crippen LogP) is 5.55. The summed E-state index contributed by atoms with van der Waals surface area (Å²) in [4.78, 5) is 0. The van der Waals surface area contributed by atoms with Gasteiger partial charge in [-0.05, 0) is 41.8 Å². The number of nitriles is 1. The summed E-state index contributed by atoms with van der Waals surface area (Å²) in [5.74, 6) is 0. The number of para-hydroxylation sites is 1. The molecule has 0 aliphatic heterocycles. The Hall–Kier alpha value is -3.05. The number of aromatic nitrogens is 1. The van der Waals surface area contributed by atoms with Gasteiger partial charge in [-0.25, -0.2) is 0 Å². The molecule has 1 aromatic heterocycles. The van der Waals surface area contributed by atoms with E-state index in [1.165, 1.54) is 27.4 Å². The summed E-state index contributed by atoms with van der Waals surface area (Å²) in [6, 6.07) is 25.7. The lowest BCUT2D eigenvalue weighted by molar-refractivity contribution is 0.827. The van der Waals surface area contributed by atoms with E-state index in [0.717, 1.165) is 17.7 Å². The van der Waals surface area contributed by atoms with Crippen molar-refractivity contribution in [2.75, 3.05) is 0 Å². The highest BCUT2D eigenvalue weighted by atomic mass is 15.0. The summed E-state index contributed by atoms with van der Waals surface area (Å²) in [5.41, 5.74) is 5.98. The number of aryl methyl sites for hydroxylation is 1. The van der Waals surface area contributed by atoms with Crippen LogP contribution in [0, 0.1) is 11.3 Å². The van der Waals surface area contributed by atoms with Crippen LogP contribution in [0.15, 0.2) is 66.7 Å². The molecule has 0 N–H and O–H groups in total. The van der Waals surface area contributed by atoms with Gasteiger partial charge in [-0.15, -0.1) is 0 Å². The minimum atomic E-state index is 0.450. The first kappa shape index (κ1) is 14.5. The van der Waals surface area contributed by atoms with E-state index in [9.17, 15) is 0 Å². The fraction of sp³-hybridized carbons (Fsp3) is 0.136. The van der Waals surface area contributed by atoms with Gasteiger partial charge in [-0.2, -0.15) is 5.26 Å². The Balaban J connectivity index is 1.94. The van der Waals surface area contributed by atoms with Crippen LogP contribution in [-0.4, -0.2) is 4.57 Å². The molecule has 0 radical (unpaired) electrons. The quantitative estimate of drug-likeness (QED) is 0.488. The van der Waals surface area contributed by atoms with Crippen molar-refractivity contribution in [1.82, 2.24) is 4.57 Å². The minimum absolute atomic E-state index is 0.450. The molecule has 24 heavy (non-hydrogen) atoms. The van der Waals surface area contributed by atoms with Gasteiger partial charge in [0.25, 0.3) is 0 Å². The van der Waals surface area contributed by atoms with Gasteiger partial charge in [0.2, 0.25) is 0 Å². The summed E-state index contributed by atoms with van der Waals surface area (Å²) in [6.45, 7) is 3.15. The molecule has 4 rings (SSSR count). The van der Waals surface area contributed by atoms with E-state index < -0.39 is 0 Å². The topological polar surface area (TPSA) is 28.7 Å². The number of benzene rings is 3. The van der Waals surface area contributed by atoms with Crippen molar-refractivity contribution < 1.29 is 0 Å². The van der Waals surface area contributed by atoms with Crippen molar-refractivity contribution >= 4 is 21.8 Å². The molecule has 2 nitrogen and oxygen atoms in total. The standard InChI is InChI=1S/C22H18N2/c1-2-24-21-9-4-3-8-19(21)20-15-18(10-11-22(20)24)17-7-5-6-16(14-17)12-13-23/h3-11,14-15H,2,12H2,1H3. The number of hydrogen-bond acceptors (Lipinski definition) is 1. The summed E-state index contributed by atoms with van der Waals surface area (Å²) in [5, 5.41) is 11.5. The van der Waals surface area contributed by atoms with Crippen molar-refractivity contribution in [2.24, 2.45) is 0 Å². The molecular formula is C22H18N2. The Morgan fingerprint density at radius 1 is 0.833 bits per heavy atom. The van der Waals surface area contributed by atoms with E-state index in [1.807, 2.05) is 12.1 Å². The third-order valence-corrected chi connectivity index (χ3v) is 4.63. The molecule has 0 bridgehead atoms. The van der Waals surface area contributed by atoms with Crippen LogP contribution < -0.4 is 0 Å². The van der Waals surface area contributed by atoms with Crippen LogP contribution in [0.1, 0.15) is 12.5 Å². The lowest BCUT2D eigenvalue weighted by Crippen LogP contribution is -1.92. The summed E-state index contributed by atoms with van der Waals surface area (Å²) >= 11 is 0. The average Bonchev–Trinajstić information content (AvgIpc) is 2.95. The van der Waals surface area contributed by atoms with E-state index in [1.54, 1.807) is 0 Å². The van der Waals surface area contributed by atoms with Crippen LogP contribution in [0.2, 0.25) is 0 Å². The predicted molar refractivity (Wildman–Crippen MR) is 99.9 cm³/mol. The third kappa shape index (κ3) is 2.26. The molecule has 4 aromatic rings. The highest BCUT2D eigenvalue weighted by Gasteiger charge is 2.10. The molecule has 2 heteroatoms. The fourth-order valence-corrected chi connectivity index (χ4v) is 3.53. The summed E-state index contributed by atoms with van der Waals surface area (Å²) < 4.78 is 2.36. The van der Waals surface area contributed by atoms with Crippen LogP contribution in [0.25, 0.3) is 32.9 Å². The number of nitrogens with zero attached hydrogens (tertiary/aromatic N) is 2. The Kier molecular flexibility index (Phi) is 3.55. The maximum atomic E-state index is 8.92. The SMILES string of the molecule is CCn1c2ccccc2c2cc(-c3cccc(CC#N)c3)ccc21. The maximum Gasteiger partial charge on any atom is 0.0669 e. The molecular weight excluding hydrogens is 292 g/mol. The largest absolute Gasteiger partial charge is 0.341 e. The van der Waals surface area contributed by atoms with E-state index in [-0.39, 0.29) is 0 Å². The minimum Gasteiger partial charge on any atom is -0.341 e. The normalized spacial score (nSPS) is 11.0. The number of hydrogen-bond donors (Lipinski definition) is 0. The first-order valence-corrected chi connectivity index (χ1v) is 8.29. The van der Waals surface area contributed by atoms with Gasteiger partial charge in [0, 0.05) is 28.4 Å². The van der Waals surface area contributed by atoms with Gasteiger partial charge in [0.15, 0.2) is 0 Å². The fourth-order valence-electron chi connectivity index (χ4n) is 3.53. The van der Waals surface area contributed by atoms with Crippen molar-refractivity contribution in [3.05, 3.63) is 72.3 Å². The van der Waals surface area contributed by atoms with Crippen molar-refractivity contribution in [3.8, 4) is 17.2 Å². The Morgan fingerprint density at radius 3 is 2.46 bits per heavy atom. The zero-order valence-corrected chi connectivity index (χ0v) is 13.7. The first-order chi connectivity index (χ1) is 11.8. The zero-order valence-electron chi connectivity index (χ0n) is 13.7. The average molecular weight is 310 g/mol. The second-order valence-corrected chi connectivity index (χ2v) is 6.03. The highest BCUT2D eigenvalue weighted by Crippen LogP contribution is 2.32. The monoisotopic (exact) mass is 310 g/mol. The van der Waals surface area contributed by atoms with Gasteiger partial charge in [-0.3, -0.25) is 0 Å². The molecule has 0 saturated carbocycles. The Bertz CT molecular complexity index is 1080. The molecule has 0 aliphatic carbocycles. The summed E-state index contributed by atoms with van der Waals surface area (Å²) in [7, 11) is 0. The highest BCUT2D eigenvalue weighted by molar-refractivity contribution is 6.09. The van der Waals surface area contributed by atoms with Crippen LogP contribution in [-0.2, 0) is 13.0 Å². The van der Waals surface area contributed by atoms with Gasteiger partial charge >= 0.3 is 0 Å².